The summed E-state index contributed by atoms with van der Waals surface area (Å²) in [6, 6.07) is 175. The van der Waals surface area contributed by atoms with Crippen LogP contribution in [0.5, 0.6) is 0 Å². The molecule has 0 unspecified atom stereocenters. The number of halogens is 1. The molecule has 0 N–H and O–H groups in total. The standard InChI is InChI=1S/C65H42N4.C36H32BNO2.C35H22BrN3.CH4/c1-3-15-43(16-4-1)46-29-33-64-58(38-46)59-39-47(44-17-5-2-6-18-44)30-34-65(59)67(64)51-31-27-45(28-32-51)49-35-50(42-66-41-49)48-36-52(68-60-23-11-7-19-54(60)55-20-8-12-24-61(55)68)40-53(37-48)69-62-25-13-9-21-56(62)57-22-10-14-26-63(57)69;1-35(2)36(3,4)40-37(39-35)29-17-19-30(20-18-29)38-33-21-15-27(25-11-7-5-8-12-25)23-31(33)32-24-28(16-22-34(32)38)26-13-9-6-10-14-26;36-25-17-24(21-37-22-25)23-18-26(38-32-13-5-1-9-28(32)29-10-2-6-14-33(29)38)20-27(19-23)39-34-15-7-3-11-30(34)31-12-4-8-16-35(31)39;/h1-42H;5-24H,1-4H3;1-22H;1H4. The van der Waals surface area contributed by atoms with Gasteiger partial charge in [0.25, 0.3) is 0 Å². The molecule has 10 nitrogen and oxygen atoms in total. The highest BCUT2D eigenvalue weighted by Crippen LogP contribution is 2.47. The SMILES string of the molecule is Brc1cncc(-c2cc(-n3c4ccccc4c4ccccc43)cc(-n3c4ccccc4c4ccccc43)c2)c1.C.CC1(C)OB(c2ccc(-n3c4ccc(-c5ccccc5)cc4c4cc(-c5ccccc5)ccc43)cc2)OC1(C)C.c1ccc(-c2ccc3c(c2)c2cc(-c4ccccc4)ccc2n3-c2ccc(-c3cncc(-c4cc(-n5c6ccccc6c6ccccc65)cc(-n5c6ccccc6c6ccccc65)c4)c3)cc2)cc1. The first-order chi connectivity index (χ1) is 72.8. The van der Waals surface area contributed by atoms with Crippen LogP contribution >= 0.6 is 15.9 Å². The van der Waals surface area contributed by atoms with E-state index in [2.05, 4.69) is 561 Å². The van der Waals surface area contributed by atoms with E-state index in [-0.39, 0.29) is 25.7 Å². The molecule has 12 heteroatoms. The van der Waals surface area contributed by atoms with Crippen LogP contribution in [0.3, 0.4) is 0 Å². The minimum Gasteiger partial charge on any atom is -0.399 e. The predicted molar refractivity (Wildman–Crippen MR) is 629 cm³/mol. The van der Waals surface area contributed by atoms with Gasteiger partial charge < -0.3 is 36.7 Å². The number of nitrogens with zero attached hydrogens (tertiary/aromatic N) is 8. The Kier molecular flexibility index (Phi) is 22.7. The number of fused-ring (bicyclic) bond motifs is 18. The Balaban J connectivity index is 0.000000120. The molecule has 28 aromatic rings. The topological polar surface area (TPSA) is 73.8 Å². The zero-order valence-corrected chi connectivity index (χ0v) is 83.4. The lowest BCUT2D eigenvalue weighted by atomic mass is 9.79. The summed E-state index contributed by atoms with van der Waals surface area (Å²) in [6.45, 7) is 8.36. The second-order valence-electron chi connectivity index (χ2n) is 39.6. The lowest BCUT2D eigenvalue weighted by molar-refractivity contribution is 0.00578. The normalized spacial score (nSPS) is 12.9. The molecule has 149 heavy (non-hydrogen) atoms. The van der Waals surface area contributed by atoms with Crippen molar-refractivity contribution in [1.29, 1.82) is 0 Å². The van der Waals surface area contributed by atoms with Crippen LogP contribution in [0.25, 0.3) is 243 Å². The predicted octanol–water partition coefficient (Wildman–Crippen LogP) is 35.8. The van der Waals surface area contributed by atoms with Gasteiger partial charge in [0.2, 0.25) is 0 Å². The van der Waals surface area contributed by atoms with Gasteiger partial charge in [-0.1, -0.05) is 323 Å². The van der Waals surface area contributed by atoms with Gasteiger partial charge in [0.15, 0.2) is 0 Å². The van der Waals surface area contributed by atoms with Gasteiger partial charge in [-0.05, 0) is 280 Å². The maximum Gasteiger partial charge on any atom is 0.494 e. The summed E-state index contributed by atoms with van der Waals surface area (Å²) in [6.07, 6.45) is 7.75. The van der Waals surface area contributed by atoms with Crippen molar-refractivity contribution < 1.29 is 9.31 Å². The minimum atomic E-state index is -0.376. The molecule has 1 fully saturated rings. The smallest absolute Gasteiger partial charge is 0.399 e. The van der Waals surface area contributed by atoms with Crippen molar-refractivity contribution in [3.63, 3.8) is 0 Å². The summed E-state index contributed by atoms with van der Waals surface area (Å²) in [5.74, 6) is 0. The Bertz CT molecular complexity index is 9390. The van der Waals surface area contributed by atoms with Gasteiger partial charge in [-0.25, -0.2) is 0 Å². The Hall–Kier alpha value is -18.0. The highest BCUT2D eigenvalue weighted by Gasteiger charge is 2.52. The summed E-state index contributed by atoms with van der Waals surface area (Å²) in [5, 5.41) is 14.9. The van der Waals surface area contributed by atoms with Gasteiger partial charge >= 0.3 is 7.12 Å². The first-order valence-electron chi connectivity index (χ1n) is 50.5. The number of hydrogen-bond donors (Lipinski definition) is 0. The van der Waals surface area contributed by atoms with Crippen molar-refractivity contribution in [3.05, 3.63) is 515 Å². The van der Waals surface area contributed by atoms with Crippen LogP contribution in [0.2, 0.25) is 0 Å². The highest BCUT2D eigenvalue weighted by molar-refractivity contribution is 9.10. The summed E-state index contributed by atoms with van der Waals surface area (Å²) in [4.78, 5) is 9.41. The van der Waals surface area contributed by atoms with E-state index in [1.165, 1.54) is 175 Å². The number of hydrogen-bond acceptors (Lipinski definition) is 4. The first kappa shape index (κ1) is 90.9. The second-order valence-corrected chi connectivity index (χ2v) is 40.5. The van der Waals surface area contributed by atoms with Crippen molar-refractivity contribution in [3.8, 4) is 112 Å². The maximum absolute atomic E-state index is 6.30. The van der Waals surface area contributed by atoms with Gasteiger partial charge in [0, 0.05) is 145 Å². The van der Waals surface area contributed by atoms with E-state index in [1.807, 2.05) is 24.8 Å². The first-order valence-corrected chi connectivity index (χ1v) is 51.3. The molecule has 1 aliphatic heterocycles. The molecule has 0 atom stereocenters. The lowest BCUT2D eigenvalue weighted by Gasteiger charge is -2.32. The Morgan fingerprint density at radius 2 is 0.396 bits per heavy atom. The lowest BCUT2D eigenvalue weighted by Crippen LogP contribution is -2.41. The second kappa shape index (κ2) is 37.2. The molecule has 0 saturated carbocycles. The Morgan fingerprint density at radius 3 is 0.671 bits per heavy atom. The zero-order valence-electron chi connectivity index (χ0n) is 81.8. The molecule has 0 amide bonds. The van der Waals surface area contributed by atoms with Crippen LogP contribution in [-0.4, -0.2) is 55.7 Å². The monoisotopic (exact) mass is 1980 g/mol. The average Bonchev–Trinajstić information content (AvgIpc) is 1.59. The molecule has 0 aliphatic carbocycles. The fourth-order valence-electron chi connectivity index (χ4n) is 22.6. The quantitative estimate of drug-likeness (QED) is 0.102. The van der Waals surface area contributed by atoms with E-state index in [9.17, 15) is 0 Å². The zero-order chi connectivity index (χ0) is 98.8. The molecule has 0 radical (unpaired) electrons. The molecule has 0 spiro atoms. The number of rotatable bonds is 14. The third-order valence-electron chi connectivity index (χ3n) is 30.4. The van der Waals surface area contributed by atoms with Crippen molar-refractivity contribution in [2.45, 2.75) is 46.3 Å². The van der Waals surface area contributed by atoms with Gasteiger partial charge in [0.05, 0.1) is 77.4 Å². The van der Waals surface area contributed by atoms with E-state index in [0.717, 1.165) is 77.4 Å². The number of para-hydroxylation sites is 8. The molecule has 0 bridgehead atoms. The third-order valence-corrected chi connectivity index (χ3v) is 30.8. The Labute approximate surface area is 872 Å². The molecule has 9 heterocycles. The summed E-state index contributed by atoms with van der Waals surface area (Å²) in [7, 11) is -0.376. The number of pyridine rings is 2. The Morgan fingerprint density at radius 1 is 0.181 bits per heavy atom. The van der Waals surface area contributed by atoms with E-state index in [0.29, 0.717) is 0 Å². The largest absolute Gasteiger partial charge is 0.494 e. The fourth-order valence-corrected chi connectivity index (χ4v) is 22.9. The van der Waals surface area contributed by atoms with Crippen LogP contribution in [0.15, 0.2) is 515 Å². The van der Waals surface area contributed by atoms with E-state index >= 15 is 0 Å². The third kappa shape index (κ3) is 16.0. The van der Waals surface area contributed by atoms with E-state index in [1.54, 1.807) is 0 Å². The molecule has 1 aliphatic rings. The number of aromatic nitrogens is 8. The fraction of sp³-hybridized carbons (Fsp3) is 0.0511. The molecular weight excluding hydrogens is 1880 g/mol. The minimum absolute atomic E-state index is 0. The van der Waals surface area contributed by atoms with Crippen molar-refractivity contribution >= 4 is 159 Å². The van der Waals surface area contributed by atoms with Gasteiger partial charge in [-0.2, -0.15) is 0 Å². The molecule has 20 aromatic carbocycles. The molecule has 8 aromatic heterocycles. The highest BCUT2D eigenvalue weighted by atomic mass is 79.9. The molecular formula is C137H100BBrN8O2. The van der Waals surface area contributed by atoms with Crippen LogP contribution < -0.4 is 5.46 Å². The maximum atomic E-state index is 6.30. The molecule has 710 valence electrons. The summed E-state index contributed by atoms with van der Waals surface area (Å²) >= 11 is 3.63. The number of benzene rings is 20. The van der Waals surface area contributed by atoms with Gasteiger partial charge in [-0.3, -0.25) is 9.97 Å². The van der Waals surface area contributed by atoms with Crippen molar-refractivity contribution in [2.24, 2.45) is 0 Å². The van der Waals surface area contributed by atoms with Crippen LogP contribution in [0.4, 0.5) is 0 Å². The van der Waals surface area contributed by atoms with Crippen molar-refractivity contribution in [2.75, 3.05) is 0 Å². The van der Waals surface area contributed by atoms with Gasteiger partial charge in [-0.15, -0.1) is 0 Å². The van der Waals surface area contributed by atoms with Crippen LogP contribution in [0, 0.1) is 0 Å². The molecule has 1 saturated heterocycles. The molecule has 29 rings (SSSR count). The van der Waals surface area contributed by atoms with Crippen LogP contribution in [-0.2, 0) is 9.31 Å². The van der Waals surface area contributed by atoms with Crippen LogP contribution in [0.1, 0.15) is 35.1 Å². The summed E-state index contributed by atoms with van der Waals surface area (Å²) in [5.41, 5.74) is 37.3. The van der Waals surface area contributed by atoms with Crippen molar-refractivity contribution in [1.82, 2.24) is 37.4 Å². The van der Waals surface area contributed by atoms with E-state index < -0.39 is 0 Å². The van der Waals surface area contributed by atoms with Gasteiger partial charge in [0.1, 0.15) is 0 Å². The van der Waals surface area contributed by atoms with E-state index in [4.69, 9.17) is 14.3 Å². The average molecular weight is 1980 g/mol. The summed E-state index contributed by atoms with van der Waals surface area (Å²) < 4.78 is 27.9.